The van der Waals surface area contributed by atoms with Gasteiger partial charge in [-0.2, -0.15) is 0 Å². The summed E-state index contributed by atoms with van der Waals surface area (Å²) in [7, 11) is 0. The molecule has 0 spiro atoms. The minimum atomic E-state index is 0.868. The first kappa shape index (κ1) is 35.4. The van der Waals surface area contributed by atoms with E-state index in [0.717, 1.165) is 55.5 Å². The highest BCUT2D eigenvalue weighted by Gasteiger charge is 2.23. The highest BCUT2D eigenvalue weighted by atomic mass is 16.3. The Kier molecular flexibility index (Phi) is 7.91. The van der Waals surface area contributed by atoms with Crippen molar-refractivity contribution in [3.63, 3.8) is 0 Å². The lowest BCUT2D eigenvalue weighted by Gasteiger charge is -2.15. The summed E-state index contributed by atoms with van der Waals surface area (Å²) < 4.78 is 11.8. The highest BCUT2D eigenvalue weighted by molar-refractivity contribution is 6.19. The lowest BCUT2D eigenvalue weighted by atomic mass is 9.91. The van der Waals surface area contributed by atoms with Gasteiger partial charge in [-0.1, -0.05) is 182 Å². The van der Waals surface area contributed by atoms with Gasteiger partial charge in [-0.15, -0.1) is 0 Å². The largest absolute Gasteiger partial charge is 0.454 e. The molecule has 0 fully saturated rings. The van der Waals surface area contributed by atoms with Crippen LogP contribution in [0.4, 0.5) is 0 Å². The number of nitrogens with zero attached hydrogens (tertiary/aromatic N) is 2. The van der Waals surface area contributed by atoms with E-state index in [0.29, 0.717) is 0 Å². The van der Waals surface area contributed by atoms with Crippen LogP contribution in [-0.2, 0) is 0 Å². The zero-order valence-corrected chi connectivity index (χ0v) is 34.2. The molecule has 0 N–H and O–H groups in total. The normalized spacial score (nSPS) is 11.8. The lowest BCUT2D eigenvalue weighted by molar-refractivity contribution is 0.666. The monoisotopic (exact) mass is 802 g/mol. The van der Waals surface area contributed by atoms with E-state index in [-0.39, 0.29) is 0 Å². The van der Waals surface area contributed by atoms with Gasteiger partial charge in [0.2, 0.25) is 0 Å². The Hall–Kier alpha value is -8.40. The van der Waals surface area contributed by atoms with Gasteiger partial charge in [-0.05, 0) is 93.0 Å². The first-order valence-corrected chi connectivity index (χ1v) is 21.6. The van der Waals surface area contributed by atoms with Gasteiger partial charge in [0.05, 0.1) is 27.8 Å². The molecule has 0 bridgehead atoms. The topological polar surface area (TPSA) is 23.0 Å². The molecule has 3 heteroatoms. The number of para-hydroxylation sites is 3. The van der Waals surface area contributed by atoms with Crippen LogP contribution in [0.15, 0.2) is 235 Å². The fourth-order valence-corrected chi connectivity index (χ4v) is 10.2. The van der Waals surface area contributed by atoms with Crippen LogP contribution in [0.2, 0.25) is 0 Å². The maximum absolute atomic E-state index is 6.99. The van der Waals surface area contributed by atoms with Crippen molar-refractivity contribution in [1.82, 2.24) is 9.13 Å². The van der Waals surface area contributed by atoms with Crippen molar-refractivity contribution in [2.75, 3.05) is 0 Å². The van der Waals surface area contributed by atoms with Gasteiger partial charge >= 0.3 is 0 Å². The predicted molar refractivity (Wildman–Crippen MR) is 264 cm³/mol. The second-order valence-electron chi connectivity index (χ2n) is 16.4. The van der Waals surface area contributed by atoms with Gasteiger partial charge in [0.15, 0.2) is 5.58 Å². The van der Waals surface area contributed by atoms with Crippen molar-refractivity contribution in [1.29, 1.82) is 0 Å². The Morgan fingerprint density at radius 1 is 0.286 bits per heavy atom. The van der Waals surface area contributed by atoms with E-state index in [2.05, 4.69) is 240 Å². The smallest absolute Gasteiger partial charge is 0.160 e. The second-order valence-corrected chi connectivity index (χ2v) is 16.4. The zero-order chi connectivity index (χ0) is 41.4. The van der Waals surface area contributed by atoms with Crippen LogP contribution >= 0.6 is 0 Å². The number of hydrogen-bond donors (Lipinski definition) is 0. The molecule has 63 heavy (non-hydrogen) atoms. The van der Waals surface area contributed by atoms with E-state index in [9.17, 15) is 0 Å². The molecule has 0 aliphatic rings. The molecule has 0 aliphatic heterocycles. The van der Waals surface area contributed by atoms with Crippen LogP contribution in [0.1, 0.15) is 0 Å². The van der Waals surface area contributed by atoms with E-state index in [1.165, 1.54) is 66.0 Å². The summed E-state index contributed by atoms with van der Waals surface area (Å²) in [4.78, 5) is 0. The first-order valence-electron chi connectivity index (χ1n) is 21.6. The molecule has 3 nitrogen and oxygen atoms in total. The molecule has 0 radical (unpaired) electrons. The molecule has 13 rings (SSSR count). The summed E-state index contributed by atoms with van der Waals surface area (Å²) in [6, 6.07) is 83.3. The van der Waals surface area contributed by atoms with E-state index in [1.54, 1.807) is 0 Å². The molecule has 294 valence electrons. The molecule has 0 saturated carbocycles. The molecule has 3 aromatic heterocycles. The van der Waals surface area contributed by atoms with E-state index in [1.807, 2.05) is 0 Å². The van der Waals surface area contributed by atoms with Crippen LogP contribution in [0.5, 0.6) is 0 Å². The fraction of sp³-hybridized carbons (Fsp3) is 0. The maximum Gasteiger partial charge on any atom is 0.160 e. The Labute approximate surface area is 363 Å². The van der Waals surface area contributed by atoms with Gasteiger partial charge in [-0.25, -0.2) is 0 Å². The second kappa shape index (κ2) is 14.1. The maximum atomic E-state index is 6.99. The average Bonchev–Trinajstić information content (AvgIpc) is 4.03. The fourth-order valence-electron chi connectivity index (χ4n) is 10.2. The molecular formula is C60H38N2O. The van der Waals surface area contributed by atoms with Crippen molar-refractivity contribution in [3.05, 3.63) is 231 Å². The van der Waals surface area contributed by atoms with Gasteiger partial charge in [0.25, 0.3) is 0 Å². The Bertz CT molecular complexity index is 3900. The van der Waals surface area contributed by atoms with Gasteiger partial charge in [0, 0.05) is 38.0 Å². The Morgan fingerprint density at radius 2 is 0.889 bits per heavy atom. The summed E-state index contributed by atoms with van der Waals surface area (Å²) in [6.45, 7) is 0. The van der Waals surface area contributed by atoms with Gasteiger partial charge in [-0.3, -0.25) is 0 Å². The van der Waals surface area contributed by atoms with E-state index < -0.39 is 0 Å². The number of benzene rings is 10. The lowest BCUT2D eigenvalue weighted by Crippen LogP contribution is -1.96. The summed E-state index contributed by atoms with van der Waals surface area (Å²) >= 11 is 0. The SMILES string of the molecule is c1ccc(-c2cccc(-n3c4ccccc4c4c(-c5ccc6c7ccccc7n(-c7ccc(-c8ccccc8-c8ccccc8)c8c7oc7ccccc78)c6c5)cccc43)c2)cc1. The number of fused-ring (bicyclic) bond motifs is 9. The highest BCUT2D eigenvalue weighted by Crippen LogP contribution is 2.46. The molecule has 0 amide bonds. The summed E-state index contributed by atoms with van der Waals surface area (Å²) in [5.74, 6) is 0. The van der Waals surface area contributed by atoms with Crippen LogP contribution in [0.3, 0.4) is 0 Å². The molecular weight excluding hydrogens is 765 g/mol. The van der Waals surface area contributed by atoms with Crippen molar-refractivity contribution in [3.8, 4) is 55.9 Å². The number of rotatable bonds is 6. The van der Waals surface area contributed by atoms with Crippen LogP contribution in [0, 0.1) is 0 Å². The zero-order valence-electron chi connectivity index (χ0n) is 34.2. The van der Waals surface area contributed by atoms with Crippen molar-refractivity contribution in [2.24, 2.45) is 0 Å². The van der Waals surface area contributed by atoms with Gasteiger partial charge in [0.1, 0.15) is 5.58 Å². The van der Waals surface area contributed by atoms with Crippen LogP contribution < -0.4 is 0 Å². The molecule has 10 aromatic carbocycles. The third kappa shape index (κ3) is 5.46. The van der Waals surface area contributed by atoms with E-state index >= 15 is 0 Å². The predicted octanol–water partition coefficient (Wildman–Crippen LogP) is 16.4. The van der Waals surface area contributed by atoms with Crippen molar-refractivity contribution in [2.45, 2.75) is 0 Å². The molecule has 0 atom stereocenters. The average molecular weight is 803 g/mol. The van der Waals surface area contributed by atoms with Crippen molar-refractivity contribution >= 4 is 65.6 Å². The molecule has 3 heterocycles. The van der Waals surface area contributed by atoms with Crippen LogP contribution in [0.25, 0.3) is 121 Å². The molecule has 0 aliphatic carbocycles. The molecule has 0 saturated heterocycles. The first-order chi connectivity index (χ1) is 31.3. The number of aromatic nitrogens is 2. The molecule has 13 aromatic rings. The minimum absolute atomic E-state index is 0.868. The standard InChI is InChI=1S/C60H38N2O/c1-3-17-39(18-4-1)41-21-15-22-43(37-41)61-53-30-13-10-26-50(53)58-45(28-16-31-54(58)61)42-33-34-48-47-25-9-12-29-52(47)62(56(48)38-42)55-36-35-49(59-51-27-11-14-32-57(51)63-60(55)59)46-24-8-7-23-44(46)40-19-5-2-6-20-40/h1-38H. The number of furan rings is 1. The summed E-state index contributed by atoms with van der Waals surface area (Å²) in [5.41, 5.74) is 18.0. The van der Waals surface area contributed by atoms with Crippen LogP contribution in [-0.4, -0.2) is 9.13 Å². The van der Waals surface area contributed by atoms with Crippen molar-refractivity contribution < 1.29 is 4.42 Å². The van der Waals surface area contributed by atoms with E-state index in [4.69, 9.17) is 4.42 Å². The Balaban J connectivity index is 1.05. The third-order valence-corrected chi connectivity index (χ3v) is 12.9. The third-order valence-electron chi connectivity index (χ3n) is 12.9. The summed E-state index contributed by atoms with van der Waals surface area (Å²) in [6.07, 6.45) is 0. The number of hydrogen-bond acceptors (Lipinski definition) is 1. The molecule has 0 unspecified atom stereocenters. The summed E-state index contributed by atoms with van der Waals surface area (Å²) in [5, 5.41) is 7.08. The van der Waals surface area contributed by atoms with Gasteiger partial charge < -0.3 is 13.6 Å². The quantitative estimate of drug-likeness (QED) is 0.164. The minimum Gasteiger partial charge on any atom is -0.454 e. The Morgan fingerprint density at radius 3 is 1.71 bits per heavy atom.